The number of carbonyl (C=O) groups is 2. The van der Waals surface area contributed by atoms with E-state index in [-0.39, 0.29) is 17.5 Å². The Morgan fingerprint density at radius 3 is 2.78 bits per heavy atom. The first-order valence-corrected chi connectivity index (χ1v) is 11.0. The van der Waals surface area contributed by atoms with Gasteiger partial charge >= 0.3 is 0 Å². The second kappa shape index (κ2) is 8.39. The van der Waals surface area contributed by atoms with E-state index in [9.17, 15) is 9.59 Å². The van der Waals surface area contributed by atoms with E-state index in [2.05, 4.69) is 26.0 Å². The van der Waals surface area contributed by atoms with Crippen LogP contribution in [0.4, 0.5) is 5.13 Å². The van der Waals surface area contributed by atoms with Gasteiger partial charge in [0.05, 0.1) is 5.75 Å². The molecule has 2 saturated carbocycles. The number of hydrogen-bond acceptors (Lipinski definition) is 8. The Morgan fingerprint density at radius 2 is 2.00 bits per heavy atom. The zero-order valence-corrected chi connectivity index (χ0v) is 16.4. The molecule has 8 nitrogen and oxygen atoms in total. The number of rotatable bonds is 7. The second-order valence-electron chi connectivity index (χ2n) is 6.91. The topological polar surface area (TPSA) is 110 Å². The van der Waals surface area contributed by atoms with Crippen molar-refractivity contribution in [2.24, 2.45) is 0 Å². The molecule has 27 heavy (non-hydrogen) atoms. The Labute approximate surface area is 164 Å². The average Bonchev–Trinajstić information content (AvgIpc) is 3.23. The van der Waals surface area contributed by atoms with Crippen molar-refractivity contribution >= 4 is 40.0 Å². The molecule has 2 heterocycles. The third-order valence-electron chi connectivity index (χ3n) is 4.66. The first-order chi connectivity index (χ1) is 13.2. The Kier molecular flexibility index (Phi) is 5.72. The summed E-state index contributed by atoms with van der Waals surface area (Å²) < 4.78 is 5.83. The van der Waals surface area contributed by atoms with E-state index in [0.717, 1.165) is 31.4 Å². The third-order valence-corrected chi connectivity index (χ3v) is 6.64. The molecule has 2 aliphatic rings. The highest BCUT2D eigenvalue weighted by Gasteiger charge is 2.29. The highest BCUT2D eigenvalue weighted by atomic mass is 32.2. The van der Waals surface area contributed by atoms with Crippen LogP contribution in [-0.4, -0.2) is 39.0 Å². The van der Waals surface area contributed by atoms with Crippen molar-refractivity contribution in [3.8, 4) is 0 Å². The van der Waals surface area contributed by atoms with Gasteiger partial charge < -0.3 is 9.84 Å². The summed E-state index contributed by atoms with van der Waals surface area (Å²) in [6.45, 7) is 0. The largest absolute Gasteiger partial charge is 0.360 e. The lowest BCUT2D eigenvalue weighted by molar-refractivity contribution is -0.119. The fraction of sp³-hybridized carbons (Fsp3) is 0.588. The van der Waals surface area contributed by atoms with Gasteiger partial charge in [-0.2, -0.15) is 0 Å². The first-order valence-electron chi connectivity index (χ1n) is 9.21. The summed E-state index contributed by atoms with van der Waals surface area (Å²) in [4.78, 5) is 24.3. The molecule has 0 atom stereocenters. The number of amides is 2. The molecule has 0 bridgehead atoms. The van der Waals surface area contributed by atoms with Crippen molar-refractivity contribution in [3.63, 3.8) is 0 Å². The monoisotopic (exact) mass is 407 g/mol. The summed E-state index contributed by atoms with van der Waals surface area (Å²) in [7, 11) is 0. The maximum Gasteiger partial charge on any atom is 0.279 e. The smallest absolute Gasteiger partial charge is 0.279 e. The zero-order chi connectivity index (χ0) is 18.6. The van der Waals surface area contributed by atoms with E-state index in [1.165, 1.54) is 42.4 Å². The molecule has 2 amide bonds. The number of hydrogen-bond donors (Lipinski definition) is 2. The highest BCUT2D eigenvalue weighted by Crippen LogP contribution is 2.40. The van der Waals surface area contributed by atoms with Crippen molar-refractivity contribution in [1.29, 1.82) is 0 Å². The molecule has 4 rings (SSSR count). The van der Waals surface area contributed by atoms with Crippen LogP contribution in [0, 0.1) is 0 Å². The molecule has 2 aromatic heterocycles. The minimum absolute atomic E-state index is 0.0166. The molecule has 0 unspecified atom stereocenters. The van der Waals surface area contributed by atoms with Crippen LogP contribution in [0.15, 0.2) is 14.9 Å². The molecule has 0 saturated heterocycles. The van der Waals surface area contributed by atoms with Crippen LogP contribution < -0.4 is 10.6 Å². The van der Waals surface area contributed by atoms with Gasteiger partial charge in [0.1, 0.15) is 5.76 Å². The average molecular weight is 408 g/mol. The van der Waals surface area contributed by atoms with Gasteiger partial charge in [-0.05, 0) is 25.7 Å². The Bertz CT molecular complexity index is 811. The Balaban J connectivity index is 1.24. The van der Waals surface area contributed by atoms with E-state index in [1.807, 2.05) is 0 Å². The van der Waals surface area contributed by atoms with Crippen molar-refractivity contribution in [1.82, 2.24) is 20.7 Å². The van der Waals surface area contributed by atoms with E-state index in [0.29, 0.717) is 27.2 Å². The van der Waals surface area contributed by atoms with Crippen LogP contribution in [0.2, 0.25) is 0 Å². The molecule has 2 aromatic rings. The van der Waals surface area contributed by atoms with Crippen molar-refractivity contribution < 1.29 is 14.1 Å². The lowest BCUT2D eigenvalue weighted by Gasteiger charge is -2.22. The predicted molar refractivity (Wildman–Crippen MR) is 102 cm³/mol. The lowest BCUT2D eigenvalue weighted by atomic mass is 9.95. The van der Waals surface area contributed by atoms with Gasteiger partial charge in [0.25, 0.3) is 5.91 Å². The molecule has 0 aromatic carbocycles. The van der Waals surface area contributed by atoms with Crippen LogP contribution in [0.3, 0.4) is 0 Å². The molecule has 2 N–H and O–H groups in total. The standard InChI is InChI=1S/C17H21N5O3S2/c23-14(18-11-4-2-1-3-5-11)9-26-17-21-20-16(27-17)19-15(24)12-8-13(25-22-12)10-6-7-10/h8,10-11H,1-7,9H2,(H,18,23)(H,19,20,24). The number of anilines is 1. The van der Waals surface area contributed by atoms with Crippen LogP contribution >= 0.6 is 23.1 Å². The van der Waals surface area contributed by atoms with Gasteiger partial charge in [-0.1, -0.05) is 47.5 Å². The van der Waals surface area contributed by atoms with E-state index < -0.39 is 0 Å². The van der Waals surface area contributed by atoms with E-state index in [1.54, 1.807) is 6.07 Å². The lowest BCUT2D eigenvalue weighted by Crippen LogP contribution is -2.37. The summed E-state index contributed by atoms with van der Waals surface area (Å²) in [5, 5.41) is 17.9. The summed E-state index contributed by atoms with van der Waals surface area (Å²) in [5.41, 5.74) is 0.244. The van der Waals surface area contributed by atoms with Gasteiger partial charge in [0, 0.05) is 18.0 Å². The molecular weight excluding hydrogens is 386 g/mol. The summed E-state index contributed by atoms with van der Waals surface area (Å²) in [6.07, 6.45) is 7.93. The maximum absolute atomic E-state index is 12.2. The molecular formula is C17H21N5O3S2. The van der Waals surface area contributed by atoms with Gasteiger partial charge in [-0.3, -0.25) is 14.9 Å². The highest BCUT2D eigenvalue weighted by molar-refractivity contribution is 8.01. The third kappa shape index (κ3) is 5.07. The predicted octanol–water partition coefficient (Wildman–Crippen LogP) is 3.20. The molecule has 2 fully saturated rings. The number of aromatic nitrogens is 3. The van der Waals surface area contributed by atoms with E-state index in [4.69, 9.17) is 4.52 Å². The van der Waals surface area contributed by atoms with Crippen LogP contribution in [0.1, 0.15) is 67.1 Å². The minimum atomic E-state index is -0.367. The molecule has 0 aliphatic heterocycles. The molecule has 10 heteroatoms. The second-order valence-corrected chi connectivity index (χ2v) is 9.11. The summed E-state index contributed by atoms with van der Waals surface area (Å²) in [6, 6.07) is 1.98. The normalized spacial score (nSPS) is 17.6. The fourth-order valence-electron chi connectivity index (χ4n) is 3.08. The van der Waals surface area contributed by atoms with Crippen LogP contribution in [0.5, 0.6) is 0 Å². The van der Waals surface area contributed by atoms with Crippen molar-refractivity contribution in [2.75, 3.05) is 11.1 Å². The SMILES string of the molecule is O=C(CSc1nnc(NC(=O)c2cc(C3CC3)on2)s1)NC1CCCCC1. The van der Waals surface area contributed by atoms with Crippen molar-refractivity contribution in [2.45, 2.75) is 61.2 Å². The van der Waals surface area contributed by atoms with Gasteiger partial charge in [0.2, 0.25) is 11.0 Å². The first kappa shape index (κ1) is 18.4. The van der Waals surface area contributed by atoms with Crippen LogP contribution in [-0.2, 0) is 4.79 Å². The maximum atomic E-state index is 12.2. The fourth-order valence-corrected chi connectivity index (χ4v) is 4.64. The van der Waals surface area contributed by atoms with E-state index >= 15 is 0 Å². The molecule has 0 radical (unpaired) electrons. The van der Waals surface area contributed by atoms with Crippen LogP contribution in [0.25, 0.3) is 0 Å². The minimum Gasteiger partial charge on any atom is -0.360 e. The summed E-state index contributed by atoms with van der Waals surface area (Å²) in [5.74, 6) is 1.12. The number of nitrogens with one attached hydrogen (secondary N) is 2. The number of nitrogens with zero attached hydrogens (tertiary/aromatic N) is 3. The summed E-state index contributed by atoms with van der Waals surface area (Å²) >= 11 is 2.56. The van der Waals surface area contributed by atoms with Gasteiger partial charge in [-0.25, -0.2) is 0 Å². The quantitative estimate of drug-likeness (QED) is 0.536. The Hall–Kier alpha value is -1.94. The molecule has 0 spiro atoms. The molecule has 2 aliphatic carbocycles. The van der Waals surface area contributed by atoms with Gasteiger partial charge in [-0.15, -0.1) is 10.2 Å². The molecule has 144 valence electrons. The Morgan fingerprint density at radius 1 is 1.19 bits per heavy atom. The van der Waals surface area contributed by atoms with Gasteiger partial charge in [0.15, 0.2) is 10.0 Å². The zero-order valence-electron chi connectivity index (χ0n) is 14.8. The number of carbonyl (C=O) groups excluding carboxylic acids is 2. The number of thioether (sulfide) groups is 1. The van der Waals surface area contributed by atoms with Crippen molar-refractivity contribution in [3.05, 3.63) is 17.5 Å².